The van der Waals surface area contributed by atoms with Gasteiger partial charge in [-0.15, -0.1) is 0 Å². The summed E-state index contributed by atoms with van der Waals surface area (Å²) in [6, 6.07) is 4.51. The van der Waals surface area contributed by atoms with Crippen LogP contribution in [0, 0.1) is 5.92 Å². The second kappa shape index (κ2) is 3.79. The summed E-state index contributed by atoms with van der Waals surface area (Å²) in [7, 11) is 0. The maximum atomic E-state index is 11.5. The molecule has 0 amide bonds. The van der Waals surface area contributed by atoms with E-state index < -0.39 is 0 Å². The zero-order valence-corrected chi connectivity index (χ0v) is 8.30. The predicted octanol–water partition coefficient (Wildman–Crippen LogP) is 2.88. The molecular weight excluding hydrogens is 188 g/mol. The van der Waals surface area contributed by atoms with E-state index in [9.17, 15) is 9.90 Å². The van der Waals surface area contributed by atoms with Crippen molar-refractivity contribution in [1.82, 2.24) is 0 Å². The van der Waals surface area contributed by atoms with Crippen LogP contribution in [0.5, 0.6) is 5.75 Å². The Hall–Kier alpha value is -1.02. The Morgan fingerprint density at radius 2 is 2.08 bits per heavy atom. The minimum absolute atomic E-state index is 0.0498. The van der Waals surface area contributed by atoms with Crippen LogP contribution < -0.4 is 0 Å². The molecule has 1 N–H and O–H groups in total. The summed E-state index contributed by atoms with van der Waals surface area (Å²) in [6.45, 7) is 3.58. The maximum absolute atomic E-state index is 11.5. The fourth-order valence-electron chi connectivity index (χ4n) is 1.02. The van der Waals surface area contributed by atoms with E-state index in [4.69, 9.17) is 11.6 Å². The van der Waals surface area contributed by atoms with Gasteiger partial charge in [0.1, 0.15) is 5.75 Å². The van der Waals surface area contributed by atoms with Gasteiger partial charge in [0, 0.05) is 10.9 Å². The monoisotopic (exact) mass is 198 g/mol. The van der Waals surface area contributed by atoms with Crippen molar-refractivity contribution in [1.29, 1.82) is 0 Å². The topological polar surface area (TPSA) is 37.3 Å². The van der Waals surface area contributed by atoms with Gasteiger partial charge in [-0.25, -0.2) is 0 Å². The maximum Gasteiger partial charge on any atom is 0.169 e. The SMILES string of the molecule is CC(C)C(=O)c1ccc(Cl)cc1O. The van der Waals surface area contributed by atoms with Gasteiger partial charge in [-0.2, -0.15) is 0 Å². The molecule has 0 bridgehead atoms. The second-order valence-corrected chi connectivity index (χ2v) is 3.62. The van der Waals surface area contributed by atoms with Crippen molar-refractivity contribution in [3.63, 3.8) is 0 Å². The van der Waals surface area contributed by atoms with Crippen molar-refractivity contribution >= 4 is 17.4 Å². The van der Waals surface area contributed by atoms with Gasteiger partial charge in [-0.3, -0.25) is 4.79 Å². The molecule has 1 aromatic rings. The van der Waals surface area contributed by atoms with Gasteiger partial charge in [0.15, 0.2) is 5.78 Å². The third-order valence-electron chi connectivity index (χ3n) is 1.75. The van der Waals surface area contributed by atoms with E-state index in [1.807, 2.05) is 0 Å². The quantitative estimate of drug-likeness (QED) is 0.742. The van der Waals surface area contributed by atoms with Crippen molar-refractivity contribution in [3.8, 4) is 5.75 Å². The first kappa shape index (κ1) is 10.1. The predicted molar refractivity (Wildman–Crippen MR) is 52.3 cm³/mol. The number of benzene rings is 1. The first-order valence-electron chi connectivity index (χ1n) is 4.05. The standard InChI is InChI=1S/C10H11ClO2/c1-6(2)10(13)8-4-3-7(11)5-9(8)12/h3-6,12H,1-2H3. The number of hydrogen-bond acceptors (Lipinski definition) is 2. The van der Waals surface area contributed by atoms with Gasteiger partial charge < -0.3 is 5.11 Å². The molecule has 0 aromatic heterocycles. The molecule has 0 heterocycles. The summed E-state index contributed by atoms with van der Waals surface area (Å²) in [6.07, 6.45) is 0. The fourth-order valence-corrected chi connectivity index (χ4v) is 1.19. The third-order valence-corrected chi connectivity index (χ3v) is 1.98. The van der Waals surface area contributed by atoms with Crippen LogP contribution in [0.25, 0.3) is 0 Å². The van der Waals surface area contributed by atoms with Crippen molar-refractivity contribution in [2.24, 2.45) is 5.92 Å². The zero-order chi connectivity index (χ0) is 10.0. The number of phenolic OH excluding ortho intramolecular Hbond substituents is 1. The lowest BCUT2D eigenvalue weighted by molar-refractivity contribution is 0.0936. The summed E-state index contributed by atoms with van der Waals surface area (Å²) in [4.78, 5) is 11.5. The first-order valence-corrected chi connectivity index (χ1v) is 4.43. The molecule has 0 radical (unpaired) electrons. The molecule has 0 unspecified atom stereocenters. The highest BCUT2D eigenvalue weighted by atomic mass is 35.5. The minimum Gasteiger partial charge on any atom is -0.507 e. The molecule has 0 saturated heterocycles. The summed E-state index contributed by atoms with van der Waals surface area (Å²) in [5.41, 5.74) is 0.333. The summed E-state index contributed by atoms with van der Waals surface area (Å²) >= 11 is 5.63. The lowest BCUT2D eigenvalue weighted by Crippen LogP contribution is -2.07. The van der Waals surface area contributed by atoms with Gasteiger partial charge >= 0.3 is 0 Å². The van der Waals surface area contributed by atoms with Crippen LogP contribution in [-0.4, -0.2) is 10.9 Å². The van der Waals surface area contributed by atoms with Crippen LogP contribution in [0.4, 0.5) is 0 Å². The number of rotatable bonds is 2. The van der Waals surface area contributed by atoms with E-state index in [0.717, 1.165) is 0 Å². The van der Waals surface area contributed by atoms with Crippen molar-refractivity contribution < 1.29 is 9.90 Å². The van der Waals surface area contributed by atoms with Crippen molar-refractivity contribution in [2.45, 2.75) is 13.8 Å². The molecule has 1 aromatic carbocycles. The van der Waals surface area contributed by atoms with Gasteiger partial charge in [-0.1, -0.05) is 25.4 Å². The average Bonchev–Trinajstić information content (AvgIpc) is 2.03. The van der Waals surface area contributed by atoms with Crippen LogP contribution in [0.3, 0.4) is 0 Å². The molecule has 0 aliphatic rings. The summed E-state index contributed by atoms with van der Waals surface area (Å²) in [5.74, 6) is -0.243. The minimum atomic E-state index is -0.118. The van der Waals surface area contributed by atoms with Gasteiger partial charge in [0.25, 0.3) is 0 Å². The smallest absolute Gasteiger partial charge is 0.169 e. The number of hydrogen-bond donors (Lipinski definition) is 1. The Morgan fingerprint density at radius 1 is 1.46 bits per heavy atom. The lowest BCUT2D eigenvalue weighted by atomic mass is 10.0. The zero-order valence-electron chi connectivity index (χ0n) is 7.54. The molecule has 0 atom stereocenters. The van der Waals surface area contributed by atoms with E-state index in [0.29, 0.717) is 10.6 Å². The third kappa shape index (κ3) is 2.22. The molecule has 3 heteroatoms. The van der Waals surface area contributed by atoms with Crippen molar-refractivity contribution in [2.75, 3.05) is 0 Å². The van der Waals surface area contributed by atoms with E-state index >= 15 is 0 Å². The largest absolute Gasteiger partial charge is 0.507 e. The first-order chi connectivity index (χ1) is 6.02. The Labute approximate surface area is 82.2 Å². The number of phenols is 1. The summed E-state index contributed by atoms with van der Waals surface area (Å²) in [5, 5.41) is 9.83. The number of carbonyl (C=O) groups excluding carboxylic acids is 1. The molecule has 1 rings (SSSR count). The molecule has 0 aliphatic carbocycles. The molecule has 0 aliphatic heterocycles. The highest BCUT2D eigenvalue weighted by Gasteiger charge is 2.14. The van der Waals surface area contributed by atoms with Crippen LogP contribution in [0.2, 0.25) is 5.02 Å². The van der Waals surface area contributed by atoms with E-state index in [2.05, 4.69) is 0 Å². The highest BCUT2D eigenvalue weighted by molar-refractivity contribution is 6.30. The number of carbonyl (C=O) groups is 1. The summed E-state index contributed by atoms with van der Waals surface area (Å²) < 4.78 is 0. The average molecular weight is 199 g/mol. The Morgan fingerprint density at radius 3 is 2.54 bits per heavy atom. The number of ketones is 1. The van der Waals surface area contributed by atoms with E-state index in [1.54, 1.807) is 26.0 Å². The van der Waals surface area contributed by atoms with E-state index in [1.165, 1.54) is 6.07 Å². The normalized spacial score (nSPS) is 10.5. The van der Waals surface area contributed by atoms with Gasteiger partial charge in [-0.05, 0) is 18.2 Å². The second-order valence-electron chi connectivity index (χ2n) is 3.18. The Balaban J connectivity index is 3.09. The van der Waals surface area contributed by atoms with Crippen LogP contribution >= 0.6 is 11.6 Å². The number of aromatic hydroxyl groups is 1. The molecule has 13 heavy (non-hydrogen) atoms. The highest BCUT2D eigenvalue weighted by Crippen LogP contribution is 2.24. The van der Waals surface area contributed by atoms with Crippen LogP contribution in [0.15, 0.2) is 18.2 Å². The molecule has 70 valence electrons. The van der Waals surface area contributed by atoms with Gasteiger partial charge in [0.2, 0.25) is 0 Å². The molecule has 0 saturated carbocycles. The lowest BCUT2D eigenvalue weighted by Gasteiger charge is -2.06. The number of Topliss-reactive ketones (excluding diaryl/α,β-unsaturated/α-hetero) is 1. The van der Waals surface area contributed by atoms with E-state index in [-0.39, 0.29) is 17.5 Å². The van der Waals surface area contributed by atoms with Gasteiger partial charge in [0.05, 0.1) is 5.56 Å². The molecule has 0 spiro atoms. The molecule has 2 nitrogen and oxygen atoms in total. The van der Waals surface area contributed by atoms with Crippen LogP contribution in [0.1, 0.15) is 24.2 Å². The number of halogens is 1. The van der Waals surface area contributed by atoms with Crippen molar-refractivity contribution in [3.05, 3.63) is 28.8 Å². The molecular formula is C10H11ClO2. The Bertz CT molecular complexity index is 332. The Kier molecular flexibility index (Phi) is 2.94. The van der Waals surface area contributed by atoms with Crippen LogP contribution in [-0.2, 0) is 0 Å². The molecule has 0 fully saturated rings. The fraction of sp³-hybridized carbons (Fsp3) is 0.300.